The average molecular weight is 183 g/mol. The van der Waals surface area contributed by atoms with Gasteiger partial charge in [0, 0.05) is 11.7 Å². The van der Waals surface area contributed by atoms with Crippen molar-refractivity contribution in [2.45, 2.75) is 6.92 Å². The molecule has 0 aliphatic carbocycles. The van der Waals surface area contributed by atoms with Crippen LogP contribution in [0.25, 0.3) is 0 Å². The maximum Gasteiger partial charge on any atom is 0.697 e. The van der Waals surface area contributed by atoms with Gasteiger partial charge in [-0.2, -0.15) is 0 Å². The van der Waals surface area contributed by atoms with E-state index in [9.17, 15) is 9.36 Å². The molecule has 0 aliphatic heterocycles. The first-order chi connectivity index (χ1) is 5.16. The second-order valence-corrected chi connectivity index (χ2v) is 2.45. The van der Waals surface area contributed by atoms with E-state index < -0.39 is 8.25 Å². The molecule has 1 unspecified atom stereocenters. The van der Waals surface area contributed by atoms with Gasteiger partial charge >= 0.3 is 8.25 Å². The summed E-state index contributed by atoms with van der Waals surface area (Å²) in [7, 11) is 0.167. The van der Waals surface area contributed by atoms with Gasteiger partial charge < -0.3 is 5.11 Å². The predicted molar refractivity (Wildman–Crippen MR) is 39.4 cm³/mol. The number of aliphatic hydroxyl groups is 1. The molecule has 0 saturated heterocycles. The zero-order valence-corrected chi connectivity index (χ0v) is 7.63. The van der Waals surface area contributed by atoms with E-state index in [0.717, 1.165) is 7.11 Å². The largest absolute Gasteiger partial charge is 0.697 e. The summed E-state index contributed by atoms with van der Waals surface area (Å²) in [5.41, 5.74) is 0. The summed E-state index contributed by atoms with van der Waals surface area (Å²) in [5.74, 6) is -0.171. The molecule has 0 rings (SSSR count). The van der Waals surface area contributed by atoms with E-state index in [1.807, 2.05) is 0 Å². The zero-order valence-electron chi connectivity index (χ0n) is 6.73. The van der Waals surface area contributed by atoms with Gasteiger partial charge in [0.25, 0.3) is 0 Å². The Labute approximate surface area is 66.3 Å². The van der Waals surface area contributed by atoms with Crippen molar-refractivity contribution in [3.05, 3.63) is 0 Å². The van der Waals surface area contributed by atoms with Crippen LogP contribution in [0.5, 0.6) is 0 Å². The third kappa shape index (κ3) is 12.8. The lowest BCUT2D eigenvalue weighted by Crippen LogP contribution is -1.98. The molecule has 0 aromatic carbocycles. The number of carbonyl (C=O) groups excluding carboxylic acids is 1. The molecule has 11 heavy (non-hydrogen) atoms. The molecule has 0 bridgehead atoms. The van der Waals surface area contributed by atoms with Gasteiger partial charge in [0.15, 0.2) is 12.4 Å². The molecule has 0 aromatic heterocycles. The molecule has 1 N–H and O–H groups in total. The third-order valence-electron chi connectivity index (χ3n) is 0.522. The van der Waals surface area contributed by atoms with Crippen LogP contribution in [0.15, 0.2) is 0 Å². The van der Waals surface area contributed by atoms with Gasteiger partial charge in [-0.25, -0.2) is 0 Å². The number of carbonyl (C=O) groups is 1. The minimum atomic E-state index is -2.08. The number of Topliss-reactive ketones (excluding diaryl/α,β-unsaturated/α-hetero) is 1. The number of hydrogen-bond acceptors (Lipinski definition) is 5. The van der Waals surface area contributed by atoms with E-state index in [4.69, 9.17) is 5.11 Å². The van der Waals surface area contributed by atoms with E-state index in [1.165, 1.54) is 14.0 Å². The fraction of sp³-hybridized carbons (Fsp3) is 0.800. The molecule has 5 nitrogen and oxygen atoms in total. The molecule has 0 saturated carbocycles. The molecule has 1 atom stereocenters. The van der Waals surface area contributed by atoms with Crippen LogP contribution in [0.1, 0.15) is 6.92 Å². The Bertz CT molecular complexity index is 124. The van der Waals surface area contributed by atoms with Crippen molar-refractivity contribution in [3.8, 4) is 0 Å². The minimum Gasteiger partial charge on any atom is -0.400 e. The summed E-state index contributed by atoms with van der Waals surface area (Å²) in [5, 5.41) is 7.00. The van der Waals surface area contributed by atoms with Crippen LogP contribution in [0, 0.1) is 0 Å². The fourth-order valence-electron chi connectivity index (χ4n) is 0.196. The molecular formula is C5H12O5P+. The standard InChI is InChI=1S/C4H8O4P.CH4O/c1-4(5)3-8-9(6)7-2;1-2/h3H2,1-2H3;2H,1H3/q+1;. The van der Waals surface area contributed by atoms with Gasteiger partial charge in [-0.05, 0) is 6.92 Å². The summed E-state index contributed by atoms with van der Waals surface area (Å²) in [6.45, 7) is 1.20. The summed E-state index contributed by atoms with van der Waals surface area (Å²) >= 11 is 0. The molecule has 0 amide bonds. The lowest BCUT2D eigenvalue weighted by atomic mass is 10.5. The van der Waals surface area contributed by atoms with E-state index in [-0.39, 0.29) is 12.4 Å². The minimum absolute atomic E-state index is 0.150. The van der Waals surface area contributed by atoms with Crippen LogP contribution in [0.4, 0.5) is 0 Å². The van der Waals surface area contributed by atoms with Crippen molar-refractivity contribution in [3.63, 3.8) is 0 Å². The van der Waals surface area contributed by atoms with Crippen molar-refractivity contribution in [1.29, 1.82) is 0 Å². The van der Waals surface area contributed by atoms with Crippen LogP contribution in [-0.2, 0) is 18.4 Å². The fourth-order valence-corrected chi connectivity index (χ4v) is 0.589. The molecule has 0 spiro atoms. The second-order valence-electron chi connectivity index (χ2n) is 1.38. The molecular weight excluding hydrogens is 171 g/mol. The van der Waals surface area contributed by atoms with Gasteiger partial charge in [0.2, 0.25) is 0 Å². The number of rotatable bonds is 4. The third-order valence-corrected chi connectivity index (χ3v) is 1.16. The molecule has 0 radical (unpaired) electrons. The van der Waals surface area contributed by atoms with Crippen LogP contribution in [0.3, 0.4) is 0 Å². The van der Waals surface area contributed by atoms with Crippen molar-refractivity contribution in [1.82, 2.24) is 0 Å². The molecule has 66 valence electrons. The number of hydrogen-bond donors (Lipinski definition) is 1. The van der Waals surface area contributed by atoms with E-state index in [0.29, 0.717) is 0 Å². The zero-order chi connectivity index (χ0) is 9.28. The first kappa shape index (κ1) is 13.3. The number of aliphatic hydroxyl groups excluding tert-OH is 1. The quantitative estimate of drug-likeness (QED) is 0.642. The Morgan fingerprint density at radius 3 is 2.27 bits per heavy atom. The maximum absolute atomic E-state index is 10.3. The molecule has 0 aliphatic rings. The second kappa shape index (κ2) is 9.65. The highest BCUT2D eigenvalue weighted by Gasteiger charge is 2.17. The highest BCUT2D eigenvalue weighted by Crippen LogP contribution is 2.20. The first-order valence-electron chi connectivity index (χ1n) is 2.75. The Kier molecular flexibility index (Phi) is 11.6. The van der Waals surface area contributed by atoms with Gasteiger partial charge in [0.05, 0.1) is 7.11 Å². The molecule has 0 aromatic rings. The van der Waals surface area contributed by atoms with E-state index in [2.05, 4.69) is 9.05 Å². The van der Waals surface area contributed by atoms with Gasteiger partial charge in [-0.15, -0.1) is 9.05 Å². The maximum atomic E-state index is 10.3. The van der Waals surface area contributed by atoms with Crippen LogP contribution in [-0.4, -0.2) is 31.7 Å². The average Bonchev–Trinajstić information content (AvgIpc) is 2.04. The summed E-state index contributed by atoms with van der Waals surface area (Å²) in [4.78, 5) is 10.2. The van der Waals surface area contributed by atoms with Crippen molar-refractivity contribution in [2.75, 3.05) is 20.8 Å². The van der Waals surface area contributed by atoms with Crippen molar-refractivity contribution < 1.29 is 23.5 Å². The molecule has 6 heteroatoms. The topological polar surface area (TPSA) is 72.8 Å². The normalized spacial score (nSPS) is 9.64. The van der Waals surface area contributed by atoms with Gasteiger partial charge in [0.1, 0.15) is 0 Å². The monoisotopic (exact) mass is 183 g/mol. The van der Waals surface area contributed by atoms with Crippen molar-refractivity contribution in [2.24, 2.45) is 0 Å². The van der Waals surface area contributed by atoms with Gasteiger partial charge in [-0.1, -0.05) is 0 Å². The highest BCUT2D eigenvalue weighted by molar-refractivity contribution is 7.33. The summed E-state index contributed by atoms with van der Waals surface area (Å²) in [6, 6.07) is 0. The predicted octanol–water partition coefficient (Wildman–Crippen LogP) is 0.504. The SMILES string of the molecule is CO.CO[P+](=O)OCC(C)=O. The Balaban J connectivity index is 0. The Morgan fingerprint density at radius 1 is 1.55 bits per heavy atom. The van der Waals surface area contributed by atoms with Gasteiger partial charge in [-0.3, -0.25) is 4.79 Å². The summed E-state index contributed by atoms with van der Waals surface area (Å²) < 4.78 is 18.9. The smallest absolute Gasteiger partial charge is 0.400 e. The Morgan fingerprint density at radius 2 is 2.00 bits per heavy atom. The summed E-state index contributed by atoms with van der Waals surface area (Å²) in [6.07, 6.45) is 0. The number of ketones is 1. The van der Waals surface area contributed by atoms with Crippen LogP contribution < -0.4 is 0 Å². The van der Waals surface area contributed by atoms with Crippen LogP contribution >= 0.6 is 8.25 Å². The van der Waals surface area contributed by atoms with Crippen molar-refractivity contribution >= 4 is 14.0 Å². The van der Waals surface area contributed by atoms with E-state index >= 15 is 0 Å². The lowest BCUT2D eigenvalue weighted by molar-refractivity contribution is -0.119. The molecule has 0 fully saturated rings. The van der Waals surface area contributed by atoms with E-state index in [1.54, 1.807) is 0 Å². The lowest BCUT2D eigenvalue weighted by Gasteiger charge is -1.80. The van der Waals surface area contributed by atoms with Crippen LogP contribution in [0.2, 0.25) is 0 Å². The highest BCUT2D eigenvalue weighted by atomic mass is 31.1. The Hall–Kier alpha value is -0.350. The molecule has 0 heterocycles. The first-order valence-corrected chi connectivity index (χ1v) is 3.84.